The fourth-order valence-electron chi connectivity index (χ4n) is 5.10. The van der Waals surface area contributed by atoms with Gasteiger partial charge in [-0.15, -0.1) is 0 Å². The first-order valence-electron chi connectivity index (χ1n) is 11.2. The molecule has 1 spiro atoms. The minimum Gasteiger partial charge on any atom is -0.444 e. The van der Waals surface area contributed by atoms with Gasteiger partial charge in [0.2, 0.25) is 0 Å². The monoisotopic (exact) mass is 406 g/mol. The average molecular weight is 407 g/mol. The van der Waals surface area contributed by atoms with E-state index in [0.29, 0.717) is 0 Å². The quantitative estimate of drug-likeness (QED) is 0.675. The number of likely N-dealkylation sites (tertiary alicyclic amines) is 2. The summed E-state index contributed by atoms with van der Waals surface area (Å²) in [6.07, 6.45) is 3.19. The maximum Gasteiger partial charge on any atom is 0.410 e. The number of benzene rings is 2. The molecule has 160 valence electrons. The van der Waals surface area contributed by atoms with E-state index in [1.807, 2.05) is 25.7 Å². The highest BCUT2D eigenvalue weighted by molar-refractivity contribution is 5.68. The van der Waals surface area contributed by atoms with Crippen LogP contribution in [0.3, 0.4) is 0 Å². The Kier molecular flexibility index (Phi) is 5.88. The molecule has 0 aromatic heterocycles. The zero-order valence-electron chi connectivity index (χ0n) is 18.5. The van der Waals surface area contributed by atoms with Crippen molar-refractivity contribution in [2.75, 3.05) is 26.2 Å². The number of nitrogens with zero attached hydrogens (tertiary/aromatic N) is 2. The van der Waals surface area contributed by atoms with Crippen LogP contribution in [-0.2, 0) is 4.74 Å². The average Bonchev–Trinajstić information content (AvgIpc) is 3.11. The molecule has 2 aliphatic heterocycles. The van der Waals surface area contributed by atoms with Gasteiger partial charge in [-0.25, -0.2) is 4.79 Å². The van der Waals surface area contributed by atoms with Crippen LogP contribution in [0.25, 0.3) is 0 Å². The van der Waals surface area contributed by atoms with Gasteiger partial charge in [0.25, 0.3) is 0 Å². The Morgan fingerprint density at radius 3 is 2.07 bits per heavy atom. The molecule has 2 aromatic carbocycles. The highest BCUT2D eigenvalue weighted by Crippen LogP contribution is 2.43. The SMILES string of the molecule is CC(C)(C)OC(=O)N1CCCC2(CCN(C(c3ccccc3)c3ccccc3)C2)C1. The lowest BCUT2D eigenvalue weighted by Gasteiger charge is -2.41. The normalized spacial score (nSPS) is 22.6. The fraction of sp³-hybridized carbons (Fsp3) is 0.500. The first kappa shape index (κ1) is 20.9. The number of ether oxygens (including phenoxy) is 1. The number of hydrogen-bond donors (Lipinski definition) is 0. The minimum absolute atomic E-state index is 0.164. The molecule has 0 bridgehead atoms. The molecular formula is C26H34N2O2. The van der Waals surface area contributed by atoms with Crippen molar-refractivity contribution in [2.24, 2.45) is 5.41 Å². The summed E-state index contributed by atoms with van der Waals surface area (Å²) >= 11 is 0. The summed E-state index contributed by atoms with van der Waals surface area (Å²) in [5, 5.41) is 0. The molecule has 4 heteroatoms. The standard InChI is InChI=1S/C26H34N2O2/c1-25(2,3)30-24(29)28-17-10-15-26(20-28)16-18-27(19-26)23(21-11-6-4-7-12-21)22-13-8-5-9-14-22/h4-9,11-14,23H,10,15-20H2,1-3H3. The first-order chi connectivity index (χ1) is 14.4. The number of amides is 1. The van der Waals surface area contributed by atoms with Crippen LogP contribution in [0.15, 0.2) is 60.7 Å². The van der Waals surface area contributed by atoms with Gasteiger partial charge in [-0.05, 0) is 57.7 Å². The van der Waals surface area contributed by atoms with Crippen LogP contribution in [0.5, 0.6) is 0 Å². The van der Waals surface area contributed by atoms with Crippen molar-refractivity contribution in [3.8, 4) is 0 Å². The van der Waals surface area contributed by atoms with E-state index in [-0.39, 0.29) is 17.6 Å². The van der Waals surface area contributed by atoms with E-state index < -0.39 is 5.60 Å². The molecule has 0 radical (unpaired) electrons. The van der Waals surface area contributed by atoms with Gasteiger partial charge in [-0.2, -0.15) is 0 Å². The van der Waals surface area contributed by atoms with Crippen LogP contribution < -0.4 is 0 Å². The molecule has 1 unspecified atom stereocenters. The molecule has 2 saturated heterocycles. The van der Waals surface area contributed by atoms with Crippen molar-refractivity contribution in [1.29, 1.82) is 0 Å². The number of carbonyl (C=O) groups is 1. The summed E-state index contributed by atoms with van der Waals surface area (Å²) in [7, 11) is 0. The van der Waals surface area contributed by atoms with Gasteiger partial charge in [0.05, 0.1) is 6.04 Å². The molecule has 4 rings (SSSR count). The van der Waals surface area contributed by atoms with E-state index in [1.165, 1.54) is 17.5 Å². The largest absolute Gasteiger partial charge is 0.444 e. The summed E-state index contributed by atoms with van der Waals surface area (Å²) in [5.41, 5.74) is 2.38. The highest BCUT2D eigenvalue weighted by atomic mass is 16.6. The Hall–Kier alpha value is -2.33. The summed E-state index contributed by atoms with van der Waals surface area (Å²) in [5.74, 6) is 0. The van der Waals surface area contributed by atoms with Crippen LogP contribution in [0, 0.1) is 5.41 Å². The van der Waals surface area contributed by atoms with E-state index in [0.717, 1.165) is 39.0 Å². The van der Waals surface area contributed by atoms with Gasteiger partial charge in [0.1, 0.15) is 5.60 Å². The van der Waals surface area contributed by atoms with Crippen LogP contribution >= 0.6 is 0 Å². The van der Waals surface area contributed by atoms with Crippen molar-refractivity contribution >= 4 is 6.09 Å². The Labute approximate surface area is 180 Å². The molecule has 2 fully saturated rings. The van der Waals surface area contributed by atoms with Crippen molar-refractivity contribution in [2.45, 2.75) is 51.7 Å². The fourth-order valence-corrected chi connectivity index (χ4v) is 5.10. The summed E-state index contributed by atoms with van der Waals surface area (Å²) < 4.78 is 5.67. The summed E-state index contributed by atoms with van der Waals surface area (Å²) in [6.45, 7) is 9.48. The van der Waals surface area contributed by atoms with Crippen molar-refractivity contribution < 1.29 is 9.53 Å². The zero-order chi connectivity index (χ0) is 21.2. The predicted octanol–water partition coefficient (Wildman–Crippen LogP) is 5.50. The van der Waals surface area contributed by atoms with E-state index in [4.69, 9.17) is 4.74 Å². The third-order valence-corrected chi connectivity index (χ3v) is 6.38. The molecule has 0 saturated carbocycles. The van der Waals surface area contributed by atoms with E-state index >= 15 is 0 Å². The van der Waals surface area contributed by atoms with Gasteiger partial charge >= 0.3 is 6.09 Å². The predicted molar refractivity (Wildman–Crippen MR) is 120 cm³/mol. The molecule has 2 heterocycles. The number of piperidine rings is 1. The third kappa shape index (κ3) is 4.70. The van der Waals surface area contributed by atoms with Crippen LogP contribution in [-0.4, -0.2) is 47.7 Å². The Morgan fingerprint density at radius 2 is 1.50 bits per heavy atom. The molecule has 1 amide bonds. The Morgan fingerprint density at radius 1 is 0.900 bits per heavy atom. The van der Waals surface area contributed by atoms with Gasteiger partial charge < -0.3 is 9.64 Å². The second-order valence-corrected chi connectivity index (χ2v) is 9.95. The number of hydrogen-bond acceptors (Lipinski definition) is 3. The molecule has 1 atom stereocenters. The molecule has 0 aliphatic carbocycles. The molecule has 2 aromatic rings. The smallest absolute Gasteiger partial charge is 0.410 e. The van der Waals surface area contributed by atoms with Gasteiger partial charge in [-0.1, -0.05) is 60.7 Å². The highest BCUT2D eigenvalue weighted by Gasteiger charge is 2.45. The maximum atomic E-state index is 12.7. The topological polar surface area (TPSA) is 32.8 Å². The minimum atomic E-state index is -0.449. The van der Waals surface area contributed by atoms with E-state index in [1.54, 1.807) is 0 Å². The Bertz CT molecular complexity index is 807. The zero-order valence-corrected chi connectivity index (χ0v) is 18.5. The van der Waals surface area contributed by atoms with Crippen LogP contribution in [0.4, 0.5) is 4.79 Å². The van der Waals surface area contributed by atoms with Crippen molar-refractivity contribution in [3.63, 3.8) is 0 Å². The van der Waals surface area contributed by atoms with Crippen LogP contribution in [0.2, 0.25) is 0 Å². The summed E-state index contributed by atoms with van der Waals surface area (Å²) in [4.78, 5) is 17.3. The third-order valence-electron chi connectivity index (χ3n) is 6.38. The molecule has 2 aliphatic rings. The molecule has 4 nitrogen and oxygen atoms in total. The second kappa shape index (κ2) is 8.43. The van der Waals surface area contributed by atoms with E-state index in [9.17, 15) is 4.79 Å². The lowest BCUT2D eigenvalue weighted by molar-refractivity contribution is 0.00502. The molecule has 30 heavy (non-hydrogen) atoms. The van der Waals surface area contributed by atoms with E-state index in [2.05, 4.69) is 65.6 Å². The lowest BCUT2D eigenvalue weighted by atomic mass is 9.79. The second-order valence-electron chi connectivity index (χ2n) is 9.95. The van der Waals surface area contributed by atoms with Crippen LogP contribution in [0.1, 0.15) is 57.2 Å². The van der Waals surface area contributed by atoms with Crippen molar-refractivity contribution in [1.82, 2.24) is 9.80 Å². The Balaban J connectivity index is 1.53. The lowest BCUT2D eigenvalue weighted by Crippen LogP contribution is -2.49. The molecular weight excluding hydrogens is 372 g/mol. The number of carbonyl (C=O) groups excluding carboxylic acids is 1. The van der Waals surface area contributed by atoms with Crippen molar-refractivity contribution in [3.05, 3.63) is 71.8 Å². The van der Waals surface area contributed by atoms with Gasteiger partial charge in [0.15, 0.2) is 0 Å². The maximum absolute atomic E-state index is 12.7. The van der Waals surface area contributed by atoms with Gasteiger partial charge in [-0.3, -0.25) is 4.90 Å². The first-order valence-corrected chi connectivity index (χ1v) is 11.2. The van der Waals surface area contributed by atoms with Gasteiger partial charge in [0, 0.05) is 25.0 Å². The number of rotatable bonds is 3. The molecule has 0 N–H and O–H groups in total. The summed E-state index contributed by atoms with van der Waals surface area (Å²) in [6, 6.07) is 21.9.